The van der Waals surface area contributed by atoms with Crippen LogP contribution in [0.1, 0.15) is 88.2 Å². The van der Waals surface area contributed by atoms with E-state index in [1.807, 2.05) is 60.7 Å². The Kier molecular flexibility index (Phi) is 11.7. The van der Waals surface area contributed by atoms with Gasteiger partial charge in [-0.25, -0.2) is 9.59 Å². The summed E-state index contributed by atoms with van der Waals surface area (Å²) in [6, 6.07) is 19.1. The molecule has 0 unspecified atom stereocenters. The molecule has 2 amide bonds. The monoisotopic (exact) mass is 635 g/mol. The van der Waals surface area contributed by atoms with Crippen LogP contribution in [-0.2, 0) is 41.8 Å². The fourth-order valence-corrected chi connectivity index (χ4v) is 6.77. The Morgan fingerprint density at radius 3 is 1.67 bits per heavy atom. The molecule has 2 aromatic rings. The quantitative estimate of drug-likeness (QED) is 0.389. The predicted molar refractivity (Wildman–Crippen MR) is 172 cm³/mol. The van der Waals surface area contributed by atoms with Gasteiger partial charge in [-0.15, -0.1) is 0 Å². The maximum atomic E-state index is 13.0. The molecule has 2 aliphatic carbocycles. The number of esters is 2. The van der Waals surface area contributed by atoms with Crippen LogP contribution in [0.3, 0.4) is 0 Å². The van der Waals surface area contributed by atoms with Gasteiger partial charge in [0.05, 0.1) is 13.2 Å². The van der Waals surface area contributed by atoms with Gasteiger partial charge >= 0.3 is 18.0 Å². The Labute approximate surface area is 272 Å². The molecule has 2 saturated heterocycles. The van der Waals surface area contributed by atoms with E-state index in [9.17, 15) is 14.4 Å². The molecular formula is C36H49N3O7. The lowest BCUT2D eigenvalue weighted by Crippen LogP contribution is -2.60. The van der Waals surface area contributed by atoms with Gasteiger partial charge in [-0.3, -0.25) is 4.79 Å². The van der Waals surface area contributed by atoms with Crippen LogP contribution < -0.4 is 11.1 Å². The van der Waals surface area contributed by atoms with Gasteiger partial charge < -0.3 is 34.9 Å². The van der Waals surface area contributed by atoms with E-state index in [4.69, 9.17) is 24.7 Å². The van der Waals surface area contributed by atoms with E-state index >= 15 is 0 Å². The van der Waals surface area contributed by atoms with E-state index in [-0.39, 0.29) is 24.6 Å². The Hall–Kier alpha value is -3.47. The second-order valence-corrected chi connectivity index (χ2v) is 13.0. The van der Waals surface area contributed by atoms with Crippen molar-refractivity contribution in [3.05, 3.63) is 71.8 Å². The molecule has 4 fully saturated rings. The van der Waals surface area contributed by atoms with Gasteiger partial charge in [0.25, 0.3) is 0 Å². The van der Waals surface area contributed by atoms with Gasteiger partial charge in [0.2, 0.25) is 0 Å². The standard InChI is InChI=1S/C22H30N2O5.C14H19NO2/c25-19(27-17-18-7-3-1-4-8-18)21(9-5-2-6-10-21)23-20(26)24-13-11-22(12-14-24)28-15-16-29-22;15-14(9-5-2-6-10-14)13(16)17-11-12-7-3-1-4-8-12/h1,3-4,7-8H,2,5-6,9-17H2,(H,23,26);1,3-4,7-8H,2,5-6,9-11,15H2. The summed E-state index contributed by atoms with van der Waals surface area (Å²) < 4.78 is 22.4. The Morgan fingerprint density at radius 1 is 0.674 bits per heavy atom. The number of nitrogens with zero attached hydrogens (tertiary/aromatic N) is 1. The zero-order chi connectivity index (χ0) is 32.3. The number of amides is 2. The summed E-state index contributed by atoms with van der Waals surface area (Å²) in [5, 5.41) is 3.05. The van der Waals surface area contributed by atoms with Crippen LogP contribution in [0.5, 0.6) is 0 Å². The molecule has 6 rings (SSSR count). The lowest BCUT2D eigenvalue weighted by molar-refractivity contribution is -0.181. The molecule has 4 aliphatic rings. The summed E-state index contributed by atoms with van der Waals surface area (Å²) in [7, 11) is 0. The van der Waals surface area contributed by atoms with Crippen molar-refractivity contribution in [1.82, 2.24) is 10.2 Å². The Bertz CT molecular complexity index is 1260. The van der Waals surface area contributed by atoms with E-state index in [0.29, 0.717) is 58.6 Å². The first-order valence-electron chi connectivity index (χ1n) is 16.9. The summed E-state index contributed by atoms with van der Waals surface area (Å²) in [5.74, 6) is -1.10. The van der Waals surface area contributed by atoms with Crippen LogP contribution >= 0.6 is 0 Å². The molecule has 2 aliphatic heterocycles. The average Bonchev–Trinajstić information content (AvgIpc) is 3.55. The smallest absolute Gasteiger partial charge is 0.332 e. The molecule has 1 spiro atoms. The van der Waals surface area contributed by atoms with Crippen molar-refractivity contribution in [2.75, 3.05) is 26.3 Å². The summed E-state index contributed by atoms with van der Waals surface area (Å²) >= 11 is 0. The molecule has 0 atom stereocenters. The van der Waals surface area contributed by atoms with E-state index in [0.717, 1.165) is 56.1 Å². The van der Waals surface area contributed by atoms with Gasteiger partial charge in [0, 0.05) is 25.9 Å². The minimum absolute atomic E-state index is 0.198. The Morgan fingerprint density at radius 2 is 1.15 bits per heavy atom. The van der Waals surface area contributed by atoms with Crippen LogP contribution in [-0.4, -0.2) is 66.0 Å². The first kappa shape index (κ1) is 33.9. The van der Waals surface area contributed by atoms with Crippen molar-refractivity contribution in [1.29, 1.82) is 0 Å². The lowest BCUT2D eigenvalue weighted by atomic mass is 9.81. The lowest BCUT2D eigenvalue weighted by Gasteiger charge is -2.41. The number of urea groups is 1. The van der Waals surface area contributed by atoms with Crippen molar-refractivity contribution in [3.63, 3.8) is 0 Å². The maximum Gasteiger partial charge on any atom is 0.332 e. The van der Waals surface area contributed by atoms with Gasteiger partial charge in [-0.2, -0.15) is 0 Å². The number of piperidine rings is 1. The van der Waals surface area contributed by atoms with Crippen LogP contribution in [0.15, 0.2) is 60.7 Å². The number of hydrogen-bond acceptors (Lipinski definition) is 8. The molecule has 10 heteroatoms. The largest absolute Gasteiger partial charge is 0.459 e. The Balaban J connectivity index is 0.000000209. The number of carbonyl (C=O) groups excluding carboxylic acids is 3. The molecule has 2 saturated carbocycles. The number of benzene rings is 2. The molecule has 2 aromatic carbocycles. The summed E-state index contributed by atoms with van der Waals surface area (Å²) in [4.78, 5) is 39.7. The molecule has 10 nitrogen and oxygen atoms in total. The fourth-order valence-electron chi connectivity index (χ4n) is 6.77. The third kappa shape index (κ3) is 8.86. The van der Waals surface area contributed by atoms with Crippen molar-refractivity contribution in [2.45, 2.75) is 107 Å². The van der Waals surface area contributed by atoms with Crippen LogP contribution in [0.25, 0.3) is 0 Å². The van der Waals surface area contributed by atoms with Crippen molar-refractivity contribution in [3.8, 4) is 0 Å². The van der Waals surface area contributed by atoms with Gasteiger partial charge in [0.1, 0.15) is 24.3 Å². The second-order valence-electron chi connectivity index (χ2n) is 13.0. The number of nitrogens with one attached hydrogen (secondary N) is 1. The molecule has 2 heterocycles. The SMILES string of the molecule is NC1(C(=O)OCc2ccccc2)CCCCC1.O=C(NC1(C(=O)OCc2ccccc2)CCCCC1)N1CCC2(CC1)OCCO2. The van der Waals surface area contributed by atoms with E-state index in [2.05, 4.69) is 5.32 Å². The number of ether oxygens (including phenoxy) is 4. The zero-order valence-corrected chi connectivity index (χ0v) is 26.9. The van der Waals surface area contributed by atoms with Gasteiger partial charge in [-0.05, 0) is 36.8 Å². The molecular weight excluding hydrogens is 586 g/mol. The number of hydrogen-bond donors (Lipinski definition) is 2. The maximum absolute atomic E-state index is 13.0. The molecule has 3 N–H and O–H groups in total. The van der Waals surface area contributed by atoms with E-state index in [1.54, 1.807) is 4.90 Å². The van der Waals surface area contributed by atoms with Gasteiger partial charge in [0.15, 0.2) is 5.79 Å². The molecule has 0 radical (unpaired) electrons. The van der Waals surface area contributed by atoms with Crippen LogP contribution in [0.2, 0.25) is 0 Å². The second kappa shape index (κ2) is 15.9. The van der Waals surface area contributed by atoms with Crippen molar-refractivity contribution < 1.29 is 33.3 Å². The minimum Gasteiger partial charge on any atom is -0.459 e. The normalized spacial score (nSPS) is 21.4. The number of likely N-dealkylation sites (tertiary alicyclic amines) is 1. The fraction of sp³-hybridized carbons (Fsp3) is 0.583. The van der Waals surface area contributed by atoms with Crippen molar-refractivity contribution in [2.24, 2.45) is 5.73 Å². The van der Waals surface area contributed by atoms with Crippen LogP contribution in [0.4, 0.5) is 4.79 Å². The molecule has 46 heavy (non-hydrogen) atoms. The van der Waals surface area contributed by atoms with Crippen molar-refractivity contribution >= 4 is 18.0 Å². The highest BCUT2D eigenvalue weighted by atomic mass is 16.7. The zero-order valence-electron chi connectivity index (χ0n) is 26.9. The average molecular weight is 636 g/mol. The summed E-state index contributed by atoms with van der Waals surface area (Å²) in [6.07, 6.45) is 10.2. The molecule has 0 bridgehead atoms. The topological polar surface area (TPSA) is 129 Å². The summed E-state index contributed by atoms with van der Waals surface area (Å²) in [5.41, 5.74) is 6.36. The molecule has 250 valence electrons. The van der Waals surface area contributed by atoms with E-state index < -0.39 is 16.9 Å². The third-order valence-electron chi connectivity index (χ3n) is 9.65. The first-order valence-corrected chi connectivity index (χ1v) is 16.9. The number of carbonyl (C=O) groups is 3. The molecule has 0 aromatic heterocycles. The highest BCUT2D eigenvalue weighted by molar-refractivity contribution is 5.87. The highest BCUT2D eigenvalue weighted by Crippen LogP contribution is 2.33. The summed E-state index contributed by atoms with van der Waals surface area (Å²) in [6.45, 7) is 2.88. The predicted octanol–water partition coefficient (Wildman–Crippen LogP) is 5.37. The highest BCUT2D eigenvalue weighted by Gasteiger charge is 2.45. The van der Waals surface area contributed by atoms with E-state index in [1.165, 1.54) is 6.42 Å². The number of rotatable bonds is 7. The van der Waals surface area contributed by atoms with Gasteiger partial charge in [-0.1, -0.05) is 99.2 Å². The van der Waals surface area contributed by atoms with Crippen LogP contribution in [0, 0.1) is 0 Å². The first-order chi connectivity index (χ1) is 22.3. The third-order valence-corrected chi connectivity index (χ3v) is 9.65. The number of nitrogens with two attached hydrogens (primary N) is 1. The minimum atomic E-state index is -0.931.